The molecule has 0 aliphatic rings. The zero-order valence-corrected chi connectivity index (χ0v) is 26.9. The third kappa shape index (κ3) is 8.40. The molecule has 4 aromatic carbocycles. The summed E-state index contributed by atoms with van der Waals surface area (Å²) in [5.74, 6) is -0.870. The van der Waals surface area contributed by atoms with E-state index in [9.17, 15) is 18.0 Å². The van der Waals surface area contributed by atoms with Crippen molar-refractivity contribution in [1.29, 1.82) is 0 Å². The molecule has 0 aromatic heterocycles. The Morgan fingerprint density at radius 3 is 2.02 bits per heavy atom. The molecule has 0 saturated carbocycles. The molecule has 0 saturated heterocycles. The number of aryl methyl sites for hydroxylation is 1. The van der Waals surface area contributed by atoms with Gasteiger partial charge in [-0.25, -0.2) is 8.42 Å². The van der Waals surface area contributed by atoms with Crippen molar-refractivity contribution in [2.24, 2.45) is 0 Å². The van der Waals surface area contributed by atoms with Crippen LogP contribution in [-0.2, 0) is 32.6 Å². The molecular formula is C34H35Cl2N3O4S. The summed E-state index contributed by atoms with van der Waals surface area (Å²) in [6.07, 6.45) is 0.961. The summed E-state index contributed by atoms with van der Waals surface area (Å²) < 4.78 is 29.2. The molecular weight excluding hydrogens is 617 g/mol. The predicted molar refractivity (Wildman–Crippen MR) is 176 cm³/mol. The quantitative estimate of drug-likeness (QED) is 0.175. The average molecular weight is 653 g/mol. The van der Waals surface area contributed by atoms with Gasteiger partial charge in [-0.2, -0.15) is 0 Å². The lowest BCUT2D eigenvalue weighted by molar-refractivity contribution is -0.140. The lowest BCUT2D eigenvalue weighted by Crippen LogP contribution is -2.53. The van der Waals surface area contributed by atoms with Gasteiger partial charge in [0.1, 0.15) is 12.6 Å². The van der Waals surface area contributed by atoms with Gasteiger partial charge in [0, 0.05) is 19.5 Å². The van der Waals surface area contributed by atoms with Crippen LogP contribution < -0.4 is 9.62 Å². The summed E-state index contributed by atoms with van der Waals surface area (Å²) >= 11 is 12.5. The lowest BCUT2D eigenvalue weighted by Gasteiger charge is -2.34. The van der Waals surface area contributed by atoms with Crippen LogP contribution in [0.1, 0.15) is 30.0 Å². The zero-order valence-electron chi connectivity index (χ0n) is 24.6. The summed E-state index contributed by atoms with van der Waals surface area (Å²) in [4.78, 5) is 29.5. The van der Waals surface area contributed by atoms with Crippen LogP contribution in [0, 0.1) is 6.92 Å². The van der Waals surface area contributed by atoms with E-state index in [1.165, 1.54) is 35.2 Å². The molecule has 10 heteroatoms. The molecule has 0 heterocycles. The maximum Gasteiger partial charge on any atom is 0.264 e. The Bertz CT molecular complexity index is 1670. The van der Waals surface area contributed by atoms with Crippen LogP contribution in [0.5, 0.6) is 0 Å². The maximum absolute atomic E-state index is 14.4. The van der Waals surface area contributed by atoms with Gasteiger partial charge in [0.25, 0.3) is 10.0 Å². The zero-order chi connectivity index (χ0) is 31.7. The first-order valence-corrected chi connectivity index (χ1v) is 16.5. The molecule has 7 nitrogen and oxygen atoms in total. The fourth-order valence-corrected chi connectivity index (χ4v) is 6.40. The van der Waals surface area contributed by atoms with E-state index in [0.29, 0.717) is 6.54 Å². The van der Waals surface area contributed by atoms with Crippen molar-refractivity contribution in [3.63, 3.8) is 0 Å². The van der Waals surface area contributed by atoms with Crippen LogP contribution in [0.4, 0.5) is 5.69 Å². The molecule has 0 aliphatic carbocycles. The van der Waals surface area contributed by atoms with Gasteiger partial charge in [-0.05, 0) is 54.8 Å². The molecule has 2 amide bonds. The normalized spacial score (nSPS) is 11.9. The number of halogens is 2. The molecule has 4 aromatic rings. The van der Waals surface area contributed by atoms with Crippen LogP contribution in [0.2, 0.25) is 10.0 Å². The van der Waals surface area contributed by atoms with Gasteiger partial charge in [0.2, 0.25) is 11.8 Å². The fourth-order valence-electron chi connectivity index (χ4n) is 4.71. The van der Waals surface area contributed by atoms with Gasteiger partial charge in [-0.15, -0.1) is 0 Å². The van der Waals surface area contributed by atoms with Gasteiger partial charge >= 0.3 is 0 Å². The highest BCUT2D eigenvalue weighted by atomic mass is 35.5. The minimum absolute atomic E-state index is 0.0121. The van der Waals surface area contributed by atoms with Crippen molar-refractivity contribution in [2.45, 2.75) is 44.2 Å². The van der Waals surface area contributed by atoms with Gasteiger partial charge in [-0.3, -0.25) is 13.9 Å². The molecule has 44 heavy (non-hydrogen) atoms. The van der Waals surface area contributed by atoms with E-state index in [1.807, 2.05) is 74.5 Å². The Morgan fingerprint density at radius 1 is 0.818 bits per heavy atom. The van der Waals surface area contributed by atoms with Gasteiger partial charge < -0.3 is 10.2 Å². The number of hydrogen-bond acceptors (Lipinski definition) is 4. The van der Waals surface area contributed by atoms with E-state index >= 15 is 0 Å². The second kappa shape index (κ2) is 15.2. The fraction of sp³-hybridized carbons (Fsp3) is 0.235. The highest BCUT2D eigenvalue weighted by Crippen LogP contribution is 2.31. The van der Waals surface area contributed by atoms with E-state index in [1.54, 1.807) is 12.1 Å². The monoisotopic (exact) mass is 651 g/mol. The van der Waals surface area contributed by atoms with Crippen molar-refractivity contribution < 1.29 is 18.0 Å². The maximum atomic E-state index is 14.4. The molecule has 0 radical (unpaired) electrons. The standard InChI is InChI=1S/C34H35Cl2N3O4S/c1-3-20-37-34(41)32(21-26-10-6-4-7-11-26)38(23-27-12-8-5-9-13-27)33(40)24-39(28-16-19-30(35)31(36)22-28)44(42,43)29-17-14-25(2)15-18-29/h4-19,22,32H,3,20-21,23-24H2,1-2H3,(H,37,41). The molecule has 1 atom stereocenters. The van der Waals surface area contributed by atoms with E-state index < -0.39 is 28.5 Å². The van der Waals surface area contributed by atoms with Crippen molar-refractivity contribution in [2.75, 3.05) is 17.4 Å². The minimum Gasteiger partial charge on any atom is -0.354 e. The molecule has 1 N–H and O–H groups in total. The Labute approximate surface area is 269 Å². The highest BCUT2D eigenvalue weighted by molar-refractivity contribution is 7.92. The van der Waals surface area contributed by atoms with Gasteiger partial charge in [-0.1, -0.05) is 108 Å². The number of carbonyl (C=O) groups is 2. The molecule has 1 unspecified atom stereocenters. The second-order valence-corrected chi connectivity index (χ2v) is 13.1. The van der Waals surface area contributed by atoms with E-state index in [2.05, 4.69) is 5.32 Å². The molecule has 230 valence electrons. The van der Waals surface area contributed by atoms with E-state index in [4.69, 9.17) is 23.2 Å². The topological polar surface area (TPSA) is 86.8 Å². The Balaban J connectivity index is 1.80. The van der Waals surface area contributed by atoms with Crippen LogP contribution in [0.3, 0.4) is 0 Å². The third-order valence-electron chi connectivity index (χ3n) is 7.10. The SMILES string of the molecule is CCCNC(=O)C(Cc1ccccc1)N(Cc1ccccc1)C(=O)CN(c1ccc(Cl)c(Cl)c1)S(=O)(=O)c1ccc(C)cc1. The van der Waals surface area contributed by atoms with Gasteiger partial charge in [0.15, 0.2) is 0 Å². The molecule has 0 spiro atoms. The first kappa shape index (κ1) is 33.1. The van der Waals surface area contributed by atoms with E-state index in [0.717, 1.165) is 27.4 Å². The average Bonchev–Trinajstić information content (AvgIpc) is 3.02. The van der Waals surface area contributed by atoms with Crippen molar-refractivity contribution >= 4 is 50.7 Å². The Morgan fingerprint density at radius 2 is 1.43 bits per heavy atom. The Hall–Kier alpha value is -3.85. The van der Waals surface area contributed by atoms with Crippen molar-refractivity contribution in [3.05, 3.63) is 130 Å². The van der Waals surface area contributed by atoms with Gasteiger partial charge in [0.05, 0.1) is 20.6 Å². The van der Waals surface area contributed by atoms with E-state index in [-0.39, 0.29) is 39.5 Å². The molecule has 4 rings (SSSR count). The number of amides is 2. The number of nitrogens with one attached hydrogen (secondary N) is 1. The van der Waals surface area contributed by atoms with Crippen molar-refractivity contribution in [3.8, 4) is 0 Å². The summed E-state index contributed by atoms with van der Waals surface area (Å²) in [5, 5.41) is 3.32. The van der Waals surface area contributed by atoms with Crippen LogP contribution in [0.15, 0.2) is 108 Å². The van der Waals surface area contributed by atoms with Crippen LogP contribution >= 0.6 is 23.2 Å². The lowest BCUT2D eigenvalue weighted by atomic mass is 10.0. The minimum atomic E-state index is -4.24. The number of hydrogen-bond donors (Lipinski definition) is 1. The smallest absolute Gasteiger partial charge is 0.264 e. The second-order valence-electron chi connectivity index (χ2n) is 10.4. The third-order valence-corrected chi connectivity index (χ3v) is 9.62. The Kier molecular flexibility index (Phi) is 11.4. The number of nitrogens with zero attached hydrogens (tertiary/aromatic N) is 2. The number of sulfonamides is 1. The number of anilines is 1. The van der Waals surface area contributed by atoms with Crippen LogP contribution in [0.25, 0.3) is 0 Å². The largest absolute Gasteiger partial charge is 0.354 e. The van der Waals surface area contributed by atoms with Crippen molar-refractivity contribution in [1.82, 2.24) is 10.2 Å². The summed E-state index contributed by atoms with van der Waals surface area (Å²) in [5.41, 5.74) is 2.72. The first-order valence-electron chi connectivity index (χ1n) is 14.3. The predicted octanol–water partition coefficient (Wildman–Crippen LogP) is 6.66. The number of carbonyl (C=O) groups excluding carboxylic acids is 2. The summed E-state index contributed by atoms with van der Waals surface area (Å²) in [6, 6.07) is 28.6. The highest BCUT2D eigenvalue weighted by Gasteiger charge is 2.34. The molecule has 0 aliphatic heterocycles. The summed E-state index contributed by atoms with van der Waals surface area (Å²) in [6.45, 7) is 3.76. The molecule has 0 fully saturated rings. The molecule has 0 bridgehead atoms. The number of rotatable bonds is 13. The summed E-state index contributed by atoms with van der Waals surface area (Å²) in [7, 11) is -4.24. The van der Waals surface area contributed by atoms with Crippen LogP contribution in [-0.4, -0.2) is 44.3 Å². The first-order chi connectivity index (χ1) is 21.1. The number of benzene rings is 4.